The molecule has 5 rings (SSSR count). The summed E-state index contributed by atoms with van der Waals surface area (Å²) in [5.41, 5.74) is 7.81. The van der Waals surface area contributed by atoms with Crippen LogP contribution < -0.4 is 5.73 Å². The van der Waals surface area contributed by atoms with Gasteiger partial charge in [-0.1, -0.05) is 24.3 Å². The van der Waals surface area contributed by atoms with Crippen molar-refractivity contribution in [1.82, 2.24) is 14.7 Å². The average Bonchev–Trinajstić information content (AvgIpc) is 3.14. The maximum Gasteiger partial charge on any atom is 0.269 e. The van der Waals surface area contributed by atoms with E-state index in [1.807, 2.05) is 24.3 Å². The smallest absolute Gasteiger partial charge is 0.269 e. The van der Waals surface area contributed by atoms with Crippen LogP contribution >= 0.6 is 0 Å². The third-order valence-electron chi connectivity index (χ3n) is 5.78. The number of aromatic nitrogens is 2. The van der Waals surface area contributed by atoms with Crippen molar-refractivity contribution in [3.63, 3.8) is 0 Å². The van der Waals surface area contributed by atoms with Gasteiger partial charge in [0.25, 0.3) is 5.91 Å². The summed E-state index contributed by atoms with van der Waals surface area (Å²) >= 11 is 0. The fourth-order valence-electron chi connectivity index (χ4n) is 4.28. The Morgan fingerprint density at radius 1 is 1.12 bits per heavy atom. The van der Waals surface area contributed by atoms with E-state index in [0.29, 0.717) is 24.6 Å². The summed E-state index contributed by atoms with van der Waals surface area (Å²) in [5, 5.41) is 4.33. The molecule has 1 amide bonds. The molecule has 2 aliphatic heterocycles. The van der Waals surface area contributed by atoms with Crippen molar-refractivity contribution in [2.75, 3.05) is 26.3 Å². The van der Waals surface area contributed by atoms with Gasteiger partial charge < -0.3 is 10.5 Å². The molecule has 0 aliphatic carbocycles. The number of primary amides is 1. The first-order chi connectivity index (χ1) is 15.3. The Bertz CT molecular complexity index is 1310. The van der Waals surface area contributed by atoms with Crippen molar-refractivity contribution in [1.29, 1.82) is 0 Å². The van der Waals surface area contributed by atoms with E-state index < -0.39 is 27.3 Å². The second-order valence-corrected chi connectivity index (χ2v) is 9.81. The van der Waals surface area contributed by atoms with Gasteiger partial charge in [-0.15, -0.1) is 0 Å². The number of sulfone groups is 1. The summed E-state index contributed by atoms with van der Waals surface area (Å²) in [6.07, 6.45) is 0. The fraction of sp³-hybridized carbons (Fsp3) is 0.273. The van der Waals surface area contributed by atoms with Crippen molar-refractivity contribution in [2.24, 2.45) is 5.73 Å². The number of carbonyl (C=O) groups excluding carboxylic acids is 1. The minimum Gasteiger partial charge on any atom is -0.379 e. The zero-order valence-electron chi connectivity index (χ0n) is 17.1. The Morgan fingerprint density at radius 3 is 2.53 bits per heavy atom. The Hall–Kier alpha value is -3.08. The number of amides is 1. The Balaban J connectivity index is 1.60. The van der Waals surface area contributed by atoms with Gasteiger partial charge in [0.15, 0.2) is 15.5 Å². The van der Waals surface area contributed by atoms with E-state index in [1.54, 1.807) is 0 Å². The van der Waals surface area contributed by atoms with Crippen molar-refractivity contribution in [2.45, 2.75) is 17.2 Å². The number of hydrogen-bond acceptors (Lipinski definition) is 6. The van der Waals surface area contributed by atoms with Crippen molar-refractivity contribution < 1.29 is 22.3 Å². The van der Waals surface area contributed by atoms with E-state index in [-0.39, 0.29) is 21.7 Å². The molecule has 1 saturated heterocycles. The number of rotatable bonds is 4. The highest BCUT2D eigenvalue weighted by Gasteiger charge is 2.37. The molecule has 166 valence electrons. The topological polar surface area (TPSA) is 108 Å². The summed E-state index contributed by atoms with van der Waals surface area (Å²) in [4.78, 5) is 14.0. The number of ether oxygens (including phenoxy) is 1. The normalized spacial score (nSPS) is 17.5. The lowest BCUT2D eigenvalue weighted by molar-refractivity contribution is 0.0342. The van der Waals surface area contributed by atoms with Crippen LogP contribution in [0.4, 0.5) is 4.39 Å². The van der Waals surface area contributed by atoms with Gasteiger partial charge in [0, 0.05) is 30.8 Å². The van der Waals surface area contributed by atoms with Crippen molar-refractivity contribution in [3.05, 3.63) is 65.1 Å². The molecule has 8 nitrogen and oxygen atoms in total. The molecule has 1 aromatic heterocycles. The predicted molar refractivity (Wildman–Crippen MR) is 114 cm³/mol. The van der Waals surface area contributed by atoms with Crippen LogP contribution in [0, 0.1) is 5.82 Å². The molecule has 0 spiro atoms. The van der Waals surface area contributed by atoms with Crippen molar-refractivity contribution in [3.8, 4) is 16.9 Å². The van der Waals surface area contributed by atoms with Gasteiger partial charge in [0.05, 0.1) is 30.3 Å². The number of halogens is 1. The van der Waals surface area contributed by atoms with E-state index in [2.05, 4.69) is 10.00 Å². The maximum absolute atomic E-state index is 14.5. The summed E-state index contributed by atoms with van der Waals surface area (Å²) in [5.74, 6) is -2.20. The Labute approximate surface area is 184 Å². The number of carbonyl (C=O) groups is 1. The molecule has 0 radical (unpaired) electrons. The first-order valence-corrected chi connectivity index (χ1v) is 11.8. The molecule has 1 fully saturated rings. The van der Waals surface area contributed by atoms with E-state index in [9.17, 15) is 17.6 Å². The van der Waals surface area contributed by atoms with Crippen LogP contribution in [-0.4, -0.2) is 55.3 Å². The first kappa shape index (κ1) is 20.8. The van der Waals surface area contributed by atoms with E-state index in [4.69, 9.17) is 10.5 Å². The first-order valence-electron chi connectivity index (χ1n) is 10.2. The molecule has 0 bridgehead atoms. The summed E-state index contributed by atoms with van der Waals surface area (Å²) in [6, 6.07) is 11.7. The molecule has 32 heavy (non-hydrogen) atoms. The third kappa shape index (κ3) is 3.50. The molecule has 0 atom stereocenters. The molecular weight excluding hydrogens is 435 g/mol. The van der Waals surface area contributed by atoms with E-state index >= 15 is 0 Å². The molecule has 3 heterocycles. The number of nitrogens with zero attached hydrogens (tertiary/aromatic N) is 3. The van der Waals surface area contributed by atoms with Gasteiger partial charge in [-0.05, 0) is 23.8 Å². The molecule has 2 aliphatic rings. The predicted octanol–water partition coefficient (Wildman–Crippen LogP) is 1.90. The van der Waals surface area contributed by atoms with Crippen LogP contribution in [0.3, 0.4) is 0 Å². The van der Waals surface area contributed by atoms with Crippen LogP contribution in [0.2, 0.25) is 0 Å². The van der Waals surface area contributed by atoms with Gasteiger partial charge in [0.1, 0.15) is 10.7 Å². The molecular formula is C22H21FN4O4S. The SMILES string of the molecule is NC(=O)c1nn(-c2ccc(CN3CCOCC3)cc2)c2c1CS(=O)(=O)c1c(F)cccc1-2. The van der Waals surface area contributed by atoms with Gasteiger partial charge in [-0.25, -0.2) is 17.5 Å². The summed E-state index contributed by atoms with van der Waals surface area (Å²) < 4.78 is 46.9. The van der Waals surface area contributed by atoms with Crippen LogP contribution in [-0.2, 0) is 26.9 Å². The highest BCUT2D eigenvalue weighted by atomic mass is 32.2. The average molecular weight is 456 g/mol. The third-order valence-corrected chi connectivity index (χ3v) is 7.48. The Kier molecular flexibility index (Phi) is 5.07. The summed E-state index contributed by atoms with van der Waals surface area (Å²) in [6.45, 7) is 3.94. The molecule has 0 unspecified atom stereocenters. The van der Waals surface area contributed by atoms with Crippen LogP contribution in [0.15, 0.2) is 47.4 Å². The van der Waals surface area contributed by atoms with Crippen molar-refractivity contribution >= 4 is 15.7 Å². The number of nitrogens with two attached hydrogens (primary N) is 1. The second kappa shape index (κ2) is 7.80. The lowest BCUT2D eigenvalue weighted by Crippen LogP contribution is -2.35. The minimum absolute atomic E-state index is 0.129. The van der Waals surface area contributed by atoms with Gasteiger partial charge in [-0.3, -0.25) is 9.69 Å². The van der Waals surface area contributed by atoms with Gasteiger partial charge >= 0.3 is 0 Å². The number of benzene rings is 2. The molecule has 2 aromatic carbocycles. The zero-order valence-corrected chi connectivity index (χ0v) is 17.9. The zero-order chi connectivity index (χ0) is 22.5. The van der Waals surface area contributed by atoms with Crippen LogP contribution in [0.25, 0.3) is 16.9 Å². The standard InChI is InChI=1S/C22H21FN4O4S/c23-18-3-1-2-16-20-17(13-32(29,30)21(16)18)19(22(24)28)25-27(20)15-6-4-14(5-7-15)12-26-8-10-31-11-9-26/h1-7H,8-13H2,(H2,24,28). The highest BCUT2D eigenvalue weighted by molar-refractivity contribution is 7.91. The quantitative estimate of drug-likeness (QED) is 0.643. The number of fused-ring (bicyclic) bond motifs is 3. The summed E-state index contributed by atoms with van der Waals surface area (Å²) in [7, 11) is -3.99. The number of hydrogen-bond donors (Lipinski definition) is 1. The second-order valence-electron chi connectivity index (χ2n) is 7.88. The highest BCUT2D eigenvalue weighted by Crippen LogP contribution is 2.41. The van der Waals surface area contributed by atoms with E-state index in [0.717, 1.165) is 31.3 Å². The molecule has 10 heteroatoms. The Morgan fingerprint density at radius 2 is 1.84 bits per heavy atom. The van der Waals surface area contributed by atoms with Gasteiger partial charge in [0.2, 0.25) is 0 Å². The lowest BCUT2D eigenvalue weighted by atomic mass is 10.0. The molecule has 2 N–H and O–H groups in total. The number of morpholine rings is 1. The largest absolute Gasteiger partial charge is 0.379 e. The fourth-order valence-corrected chi connectivity index (χ4v) is 5.94. The lowest BCUT2D eigenvalue weighted by Gasteiger charge is -2.26. The molecule has 3 aromatic rings. The molecule has 0 saturated carbocycles. The van der Waals surface area contributed by atoms with Gasteiger partial charge in [-0.2, -0.15) is 5.10 Å². The minimum atomic E-state index is -3.99. The van der Waals surface area contributed by atoms with Crippen LogP contribution in [0.5, 0.6) is 0 Å². The van der Waals surface area contributed by atoms with E-state index in [1.165, 1.54) is 16.8 Å². The monoisotopic (exact) mass is 456 g/mol. The van der Waals surface area contributed by atoms with Crippen LogP contribution in [0.1, 0.15) is 21.6 Å². The maximum atomic E-state index is 14.5.